The minimum atomic E-state index is -4.30. The van der Waals surface area contributed by atoms with Crippen molar-refractivity contribution in [3.05, 3.63) is 47.1 Å². The zero-order valence-electron chi connectivity index (χ0n) is 11.1. The number of aryl methyl sites for hydroxylation is 1. The number of benzene rings is 1. The van der Waals surface area contributed by atoms with Crippen LogP contribution in [0.25, 0.3) is 0 Å². The average Bonchev–Trinajstić information content (AvgIpc) is 2.74. The molecule has 0 aliphatic rings. The van der Waals surface area contributed by atoms with Crippen molar-refractivity contribution < 1.29 is 17.7 Å². The number of alkyl halides is 3. The Bertz CT molecular complexity index is 563. The Balaban J connectivity index is 1.96. The quantitative estimate of drug-likeness (QED) is 0.866. The van der Waals surface area contributed by atoms with Crippen LogP contribution in [-0.2, 0) is 19.3 Å². The normalized spacial score (nSPS) is 12.1. The molecular formula is C13H14F3N3O. The van der Waals surface area contributed by atoms with Gasteiger partial charge in [-0.2, -0.15) is 18.2 Å². The lowest BCUT2D eigenvalue weighted by Gasteiger charge is -2.14. The summed E-state index contributed by atoms with van der Waals surface area (Å²) in [5, 5.41) is 3.68. The van der Waals surface area contributed by atoms with Gasteiger partial charge in [-0.05, 0) is 31.7 Å². The third kappa shape index (κ3) is 3.80. The molecule has 0 spiro atoms. The van der Waals surface area contributed by atoms with Gasteiger partial charge in [-0.15, -0.1) is 0 Å². The summed E-state index contributed by atoms with van der Waals surface area (Å²) in [7, 11) is 1.83. The van der Waals surface area contributed by atoms with E-state index in [1.807, 2.05) is 11.9 Å². The molecule has 0 saturated carbocycles. The summed E-state index contributed by atoms with van der Waals surface area (Å²) < 4.78 is 42.3. The van der Waals surface area contributed by atoms with E-state index in [1.165, 1.54) is 12.1 Å². The van der Waals surface area contributed by atoms with Crippen LogP contribution >= 0.6 is 0 Å². The maximum atomic E-state index is 12.4. The molecule has 0 amide bonds. The van der Waals surface area contributed by atoms with Crippen LogP contribution in [0.4, 0.5) is 13.2 Å². The number of rotatable bonds is 4. The minimum Gasteiger partial charge on any atom is -0.338 e. The molecule has 108 valence electrons. The maximum absolute atomic E-state index is 12.4. The molecule has 0 unspecified atom stereocenters. The lowest BCUT2D eigenvalue weighted by molar-refractivity contribution is -0.137. The maximum Gasteiger partial charge on any atom is 0.416 e. The lowest BCUT2D eigenvalue weighted by atomic mass is 10.1. The zero-order valence-corrected chi connectivity index (χ0v) is 11.1. The van der Waals surface area contributed by atoms with Crippen LogP contribution in [-0.4, -0.2) is 22.1 Å². The Morgan fingerprint density at radius 1 is 1.15 bits per heavy atom. The summed E-state index contributed by atoms with van der Waals surface area (Å²) in [6, 6.07) is 5.11. The van der Waals surface area contributed by atoms with E-state index in [9.17, 15) is 13.2 Å². The Morgan fingerprint density at radius 3 is 2.30 bits per heavy atom. The highest BCUT2D eigenvalue weighted by Gasteiger charge is 2.29. The van der Waals surface area contributed by atoms with Gasteiger partial charge in [-0.25, -0.2) is 0 Å². The fourth-order valence-corrected chi connectivity index (χ4v) is 1.80. The predicted octanol–water partition coefficient (Wildman–Crippen LogP) is 3.03. The highest BCUT2D eigenvalue weighted by molar-refractivity contribution is 5.24. The van der Waals surface area contributed by atoms with Crippen LogP contribution in [0, 0.1) is 6.92 Å². The van der Waals surface area contributed by atoms with Gasteiger partial charge in [0.05, 0.1) is 12.1 Å². The Morgan fingerprint density at radius 2 is 1.80 bits per heavy atom. The second kappa shape index (κ2) is 5.62. The third-order valence-electron chi connectivity index (χ3n) is 2.71. The molecule has 0 atom stereocenters. The average molecular weight is 285 g/mol. The summed E-state index contributed by atoms with van der Waals surface area (Å²) in [5.74, 6) is 1.04. The molecule has 0 saturated heterocycles. The van der Waals surface area contributed by atoms with E-state index in [-0.39, 0.29) is 0 Å². The van der Waals surface area contributed by atoms with E-state index in [1.54, 1.807) is 6.92 Å². The van der Waals surface area contributed by atoms with E-state index < -0.39 is 11.7 Å². The van der Waals surface area contributed by atoms with Gasteiger partial charge in [0, 0.05) is 6.54 Å². The van der Waals surface area contributed by atoms with Crippen molar-refractivity contribution in [1.82, 2.24) is 15.0 Å². The second-order valence-corrected chi connectivity index (χ2v) is 4.60. The van der Waals surface area contributed by atoms with Gasteiger partial charge >= 0.3 is 6.18 Å². The molecule has 1 heterocycles. The summed E-state index contributed by atoms with van der Waals surface area (Å²) in [5.41, 5.74) is 0.146. The molecule has 0 aliphatic carbocycles. The first-order valence-electron chi connectivity index (χ1n) is 5.98. The van der Waals surface area contributed by atoms with Crippen LogP contribution in [0.2, 0.25) is 0 Å². The number of halogens is 3. The molecule has 0 radical (unpaired) electrons. The van der Waals surface area contributed by atoms with Gasteiger partial charge < -0.3 is 4.52 Å². The standard InChI is InChI=1S/C13H14F3N3O/c1-9-17-12(20-18-9)8-19(2)7-10-3-5-11(6-4-10)13(14,15)16/h3-6H,7-8H2,1-2H3. The van der Waals surface area contributed by atoms with E-state index in [4.69, 9.17) is 4.52 Å². The SMILES string of the molecule is Cc1noc(CN(C)Cc2ccc(C(F)(F)F)cc2)n1. The summed E-state index contributed by atoms with van der Waals surface area (Å²) in [4.78, 5) is 5.95. The van der Waals surface area contributed by atoms with Crippen molar-refractivity contribution in [3.63, 3.8) is 0 Å². The number of hydrogen-bond acceptors (Lipinski definition) is 4. The molecular weight excluding hydrogens is 271 g/mol. The fraction of sp³-hybridized carbons (Fsp3) is 0.385. The molecule has 2 rings (SSSR count). The van der Waals surface area contributed by atoms with Gasteiger partial charge in [0.25, 0.3) is 0 Å². The molecule has 1 aromatic heterocycles. The summed E-state index contributed by atoms with van der Waals surface area (Å²) in [6.45, 7) is 2.67. The van der Waals surface area contributed by atoms with Crippen LogP contribution < -0.4 is 0 Å². The Kier molecular flexibility index (Phi) is 4.08. The Hall–Kier alpha value is -1.89. The highest BCUT2D eigenvalue weighted by atomic mass is 19.4. The van der Waals surface area contributed by atoms with Crippen LogP contribution in [0.3, 0.4) is 0 Å². The number of hydrogen-bond donors (Lipinski definition) is 0. The Labute approximate surface area is 114 Å². The number of nitrogens with zero attached hydrogens (tertiary/aromatic N) is 3. The van der Waals surface area contributed by atoms with Crippen molar-refractivity contribution in [2.45, 2.75) is 26.2 Å². The number of aromatic nitrogens is 2. The van der Waals surface area contributed by atoms with E-state index in [2.05, 4.69) is 10.1 Å². The van der Waals surface area contributed by atoms with Gasteiger partial charge in [-0.1, -0.05) is 17.3 Å². The summed E-state index contributed by atoms with van der Waals surface area (Å²) in [6.07, 6.45) is -4.30. The van der Waals surface area contributed by atoms with Gasteiger partial charge in [0.15, 0.2) is 5.82 Å². The molecule has 20 heavy (non-hydrogen) atoms. The van der Waals surface area contributed by atoms with E-state index in [0.717, 1.165) is 17.7 Å². The molecule has 0 N–H and O–H groups in total. The van der Waals surface area contributed by atoms with Gasteiger partial charge in [0.2, 0.25) is 5.89 Å². The van der Waals surface area contributed by atoms with E-state index in [0.29, 0.717) is 24.8 Å². The van der Waals surface area contributed by atoms with Crippen molar-refractivity contribution in [1.29, 1.82) is 0 Å². The lowest BCUT2D eigenvalue weighted by Crippen LogP contribution is -2.17. The molecule has 0 bridgehead atoms. The monoisotopic (exact) mass is 285 g/mol. The van der Waals surface area contributed by atoms with Crippen molar-refractivity contribution in [3.8, 4) is 0 Å². The molecule has 0 fully saturated rings. The first-order valence-corrected chi connectivity index (χ1v) is 5.98. The van der Waals surface area contributed by atoms with Crippen molar-refractivity contribution >= 4 is 0 Å². The topological polar surface area (TPSA) is 42.2 Å². The first kappa shape index (κ1) is 14.5. The predicted molar refractivity (Wildman–Crippen MR) is 65.7 cm³/mol. The minimum absolute atomic E-state index is 0.446. The third-order valence-corrected chi connectivity index (χ3v) is 2.71. The second-order valence-electron chi connectivity index (χ2n) is 4.60. The molecule has 0 aliphatic heterocycles. The van der Waals surface area contributed by atoms with E-state index >= 15 is 0 Å². The smallest absolute Gasteiger partial charge is 0.338 e. The van der Waals surface area contributed by atoms with Gasteiger partial charge in [0.1, 0.15) is 0 Å². The van der Waals surface area contributed by atoms with Crippen molar-refractivity contribution in [2.24, 2.45) is 0 Å². The molecule has 2 aromatic rings. The summed E-state index contributed by atoms with van der Waals surface area (Å²) >= 11 is 0. The molecule has 1 aromatic carbocycles. The van der Waals surface area contributed by atoms with Crippen LogP contribution in [0.1, 0.15) is 22.8 Å². The first-order chi connectivity index (χ1) is 9.34. The van der Waals surface area contributed by atoms with Gasteiger partial charge in [-0.3, -0.25) is 4.90 Å². The van der Waals surface area contributed by atoms with Crippen molar-refractivity contribution in [2.75, 3.05) is 7.05 Å². The van der Waals surface area contributed by atoms with Crippen LogP contribution in [0.5, 0.6) is 0 Å². The largest absolute Gasteiger partial charge is 0.416 e. The molecule has 4 nitrogen and oxygen atoms in total. The zero-order chi connectivity index (χ0) is 14.8. The fourth-order valence-electron chi connectivity index (χ4n) is 1.80. The molecule has 7 heteroatoms. The van der Waals surface area contributed by atoms with Crippen LogP contribution in [0.15, 0.2) is 28.8 Å². The highest BCUT2D eigenvalue weighted by Crippen LogP contribution is 2.29.